The van der Waals surface area contributed by atoms with E-state index in [0.29, 0.717) is 13.2 Å². The molecule has 2 heterocycles. The van der Waals surface area contributed by atoms with E-state index < -0.39 is 6.09 Å². The number of nitrogens with one attached hydrogen (secondary N) is 1. The molecule has 0 radical (unpaired) electrons. The minimum Gasteiger partial charge on any atom is -0.448 e. The Morgan fingerprint density at radius 1 is 1.25 bits per heavy atom. The first kappa shape index (κ1) is 16.8. The topological polar surface area (TPSA) is 61.9 Å². The van der Waals surface area contributed by atoms with E-state index in [9.17, 15) is 9.59 Å². The lowest BCUT2D eigenvalue weighted by Gasteiger charge is -2.33. The maximum Gasteiger partial charge on any atom is 0.410 e. The number of carbonyl (C=O) groups excluding carboxylic acids is 2. The van der Waals surface area contributed by atoms with Crippen LogP contribution in [0.1, 0.15) is 18.4 Å². The van der Waals surface area contributed by atoms with Gasteiger partial charge in [-0.05, 0) is 31.4 Å². The van der Waals surface area contributed by atoms with E-state index in [1.54, 1.807) is 0 Å². The molecule has 0 spiro atoms. The number of likely N-dealkylation sites (tertiary alicyclic amines) is 1. The molecule has 1 aromatic carbocycles. The van der Waals surface area contributed by atoms with Crippen LogP contribution in [-0.2, 0) is 16.0 Å². The Morgan fingerprint density at radius 3 is 2.83 bits per heavy atom. The third kappa shape index (κ3) is 4.71. The molecule has 1 aromatic rings. The van der Waals surface area contributed by atoms with Crippen LogP contribution in [0.5, 0.6) is 0 Å². The van der Waals surface area contributed by atoms with Crippen molar-refractivity contribution in [3.63, 3.8) is 0 Å². The van der Waals surface area contributed by atoms with Crippen LogP contribution in [0.2, 0.25) is 0 Å². The third-order valence-corrected chi connectivity index (χ3v) is 4.61. The molecule has 0 saturated carbocycles. The Labute approximate surface area is 142 Å². The Balaban J connectivity index is 1.41. The number of rotatable bonds is 6. The van der Waals surface area contributed by atoms with Crippen LogP contribution in [0.3, 0.4) is 0 Å². The second-order valence-corrected chi connectivity index (χ2v) is 6.48. The minimum absolute atomic E-state index is 0.0937. The third-order valence-electron chi connectivity index (χ3n) is 4.61. The highest BCUT2D eigenvalue weighted by atomic mass is 16.6. The summed E-state index contributed by atoms with van der Waals surface area (Å²) >= 11 is 0. The first-order valence-electron chi connectivity index (χ1n) is 8.68. The molecule has 0 aliphatic carbocycles. The summed E-state index contributed by atoms with van der Waals surface area (Å²) in [5.41, 5.74) is 1.34. The number of benzene rings is 1. The van der Waals surface area contributed by atoms with Crippen molar-refractivity contribution in [3.05, 3.63) is 35.9 Å². The number of hydrogen-bond donors (Lipinski definition) is 1. The predicted molar refractivity (Wildman–Crippen MR) is 90.7 cm³/mol. The fourth-order valence-corrected chi connectivity index (χ4v) is 3.32. The second-order valence-electron chi connectivity index (χ2n) is 6.48. The van der Waals surface area contributed by atoms with E-state index in [2.05, 4.69) is 34.5 Å². The summed E-state index contributed by atoms with van der Waals surface area (Å²) in [7, 11) is 0. The van der Waals surface area contributed by atoms with Gasteiger partial charge in [0.2, 0.25) is 5.91 Å². The van der Waals surface area contributed by atoms with Crippen LogP contribution in [0.25, 0.3) is 0 Å². The van der Waals surface area contributed by atoms with Crippen molar-refractivity contribution in [1.29, 1.82) is 0 Å². The van der Waals surface area contributed by atoms with Crippen molar-refractivity contribution in [3.8, 4) is 0 Å². The molecule has 0 unspecified atom stereocenters. The second kappa shape index (κ2) is 8.15. The highest BCUT2D eigenvalue weighted by molar-refractivity contribution is 5.83. The summed E-state index contributed by atoms with van der Waals surface area (Å²) in [6.07, 6.45) is 2.73. The van der Waals surface area contributed by atoms with Gasteiger partial charge in [0.25, 0.3) is 0 Å². The Bertz CT molecular complexity index is 564. The van der Waals surface area contributed by atoms with Crippen LogP contribution in [-0.4, -0.2) is 67.2 Å². The number of ether oxygens (including phenoxy) is 1. The van der Waals surface area contributed by atoms with Crippen LogP contribution < -0.4 is 5.32 Å². The van der Waals surface area contributed by atoms with Crippen molar-refractivity contribution >= 4 is 12.0 Å². The molecule has 0 aromatic heterocycles. The van der Waals surface area contributed by atoms with Gasteiger partial charge in [-0.2, -0.15) is 0 Å². The smallest absolute Gasteiger partial charge is 0.410 e. The number of cyclic esters (lactones) is 1. The summed E-state index contributed by atoms with van der Waals surface area (Å²) < 4.78 is 4.85. The average Bonchev–Trinajstić information content (AvgIpc) is 2.99. The molecule has 2 fully saturated rings. The summed E-state index contributed by atoms with van der Waals surface area (Å²) in [6.45, 7) is 3.94. The Morgan fingerprint density at radius 2 is 2.08 bits per heavy atom. The molecule has 6 nitrogen and oxygen atoms in total. The minimum atomic E-state index is -0.390. The SMILES string of the molecule is O=C(CN1CCOC1=O)N[C@H]1CCCN(CCc2ccccc2)C1. The quantitative estimate of drug-likeness (QED) is 0.852. The normalized spacial score (nSPS) is 21.6. The Kier molecular flexibility index (Phi) is 5.69. The molecule has 1 atom stereocenters. The zero-order chi connectivity index (χ0) is 16.8. The standard InChI is InChI=1S/C18H25N3O3/c22-17(14-21-11-12-24-18(21)23)19-16-7-4-9-20(13-16)10-8-15-5-2-1-3-6-15/h1-3,5-6,16H,4,7-14H2,(H,19,22)/t16-/m0/s1. The van der Waals surface area contributed by atoms with Crippen molar-refractivity contribution < 1.29 is 14.3 Å². The van der Waals surface area contributed by atoms with Gasteiger partial charge in [-0.1, -0.05) is 30.3 Å². The van der Waals surface area contributed by atoms with Crippen LogP contribution in [0.15, 0.2) is 30.3 Å². The lowest BCUT2D eigenvalue weighted by atomic mass is 10.0. The van der Waals surface area contributed by atoms with Crippen molar-refractivity contribution in [1.82, 2.24) is 15.1 Å². The van der Waals surface area contributed by atoms with E-state index in [0.717, 1.165) is 38.9 Å². The van der Waals surface area contributed by atoms with E-state index in [4.69, 9.17) is 4.74 Å². The molecule has 6 heteroatoms. The van der Waals surface area contributed by atoms with Crippen LogP contribution in [0, 0.1) is 0 Å². The molecule has 0 bridgehead atoms. The Hall–Kier alpha value is -2.08. The molecule has 1 N–H and O–H groups in total. The monoisotopic (exact) mass is 331 g/mol. The van der Waals surface area contributed by atoms with Crippen molar-refractivity contribution in [2.24, 2.45) is 0 Å². The lowest BCUT2D eigenvalue weighted by molar-refractivity contribution is -0.122. The van der Waals surface area contributed by atoms with E-state index in [1.807, 2.05) is 6.07 Å². The molecule has 2 amide bonds. The van der Waals surface area contributed by atoms with Gasteiger partial charge < -0.3 is 15.0 Å². The van der Waals surface area contributed by atoms with E-state index in [1.165, 1.54) is 10.5 Å². The number of carbonyl (C=O) groups is 2. The van der Waals surface area contributed by atoms with Gasteiger partial charge in [-0.25, -0.2) is 4.79 Å². The predicted octanol–water partition coefficient (Wildman–Crippen LogP) is 1.26. The first-order valence-corrected chi connectivity index (χ1v) is 8.68. The molecule has 130 valence electrons. The van der Waals surface area contributed by atoms with Gasteiger partial charge in [0, 0.05) is 19.1 Å². The molecule has 2 aliphatic rings. The lowest BCUT2D eigenvalue weighted by Crippen LogP contribution is -2.50. The fourth-order valence-electron chi connectivity index (χ4n) is 3.32. The number of piperidine rings is 1. The highest BCUT2D eigenvalue weighted by Gasteiger charge is 2.26. The van der Waals surface area contributed by atoms with Gasteiger partial charge in [0.1, 0.15) is 13.2 Å². The molecular formula is C18H25N3O3. The largest absolute Gasteiger partial charge is 0.448 e. The maximum absolute atomic E-state index is 12.1. The molecule has 2 saturated heterocycles. The van der Waals surface area contributed by atoms with E-state index >= 15 is 0 Å². The summed E-state index contributed by atoms with van der Waals surface area (Å²) in [6, 6.07) is 10.6. The molecule has 24 heavy (non-hydrogen) atoms. The highest BCUT2D eigenvalue weighted by Crippen LogP contribution is 2.12. The maximum atomic E-state index is 12.1. The molecule has 2 aliphatic heterocycles. The van der Waals surface area contributed by atoms with Crippen molar-refractivity contribution in [2.75, 3.05) is 39.3 Å². The van der Waals surface area contributed by atoms with Gasteiger partial charge in [0.05, 0.1) is 6.54 Å². The summed E-state index contributed by atoms with van der Waals surface area (Å²) in [5, 5.41) is 3.06. The van der Waals surface area contributed by atoms with Gasteiger partial charge in [-0.3, -0.25) is 9.69 Å². The summed E-state index contributed by atoms with van der Waals surface area (Å²) in [5.74, 6) is -0.0937. The average molecular weight is 331 g/mol. The molecular weight excluding hydrogens is 306 g/mol. The van der Waals surface area contributed by atoms with E-state index in [-0.39, 0.29) is 18.5 Å². The fraction of sp³-hybridized carbons (Fsp3) is 0.556. The van der Waals surface area contributed by atoms with Crippen molar-refractivity contribution in [2.45, 2.75) is 25.3 Å². The van der Waals surface area contributed by atoms with Crippen LogP contribution >= 0.6 is 0 Å². The van der Waals surface area contributed by atoms with Gasteiger partial charge in [0.15, 0.2) is 0 Å². The summed E-state index contributed by atoms with van der Waals surface area (Å²) in [4.78, 5) is 27.4. The molecule has 3 rings (SSSR count). The van der Waals surface area contributed by atoms with Crippen LogP contribution in [0.4, 0.5) is 4.79 Å². The number of hydrogen-bond acceptors (Lipinski definition) is 4. The van der Waals surface area contributed by atoms with Gasteiger partial charge in [-0.15, -0.1) is 0 Å². The number of amides is 2. The zero-order valence-electron chi connectivity index (χ0n) is 13.9. The number of nitrogens with zero attached hydrogens (tertiary/aromatic N) is 2. The van der Waals surface area contributed by atoms with Gasteiger partial charge >= 0.3 is 6.09 Å². The first-order chi connectivity index (χ1) is 11.7. The zero-order valence-corrected chi connectivity index (χ0v) is 13.9.